The Balaban J connectivity index is 1.98. The summed E-state index contributed by atoms with van der Waals surface area (Å²) in [6, 6.07) is 5.01. The molecule has 0 aliphatic heterocycles. The Morgan fingerprint density at radius 3 is 2.42 bits per heavy atom. The number of hydrogen-bond donors (Lipinski definition) is 2. The lowest BCUT2D eigenvalue weighted by molar-refractivity contribution is -0.139. The lowest BCUT2D eigenvalue weighted by atomic mass is 9.86. The van der Waals surface area contributed by atoms with Crippen LogP contribution in [0.25, 0.3) is 10.9 Å². The first kappa shape index (κ1) is 23.5. The number of phenolic OH excluding ortho intramolecular Hbond substituents is 1. The molecular weight excluding hydrogens is 475 g/mol. The lowest BCUT2D eigenvalue weighted by Gasteiger charge is -2.18. The van der Waals surface area contributed by atoms with Crippen molar-refractivity contribution in [3.8, 4) is 5.75 Å². The van der Waals surface area contributed by atoms with Crippen LogP contribution in [-0.4, -0.2) is 26.7 Å². The number of aromatic nitrogens is 1. The van der Waals surface area contributed by atoms with Crippen LogP contribution >= 0.6 is 23.2 Å². The third kappa shape index (κ3) is 4.08. The minimum Gasteiger partial charge on any atom is -0.503 e. The largest absolute Gasteiger partial charge is 0.503 e. The van der Waals surface area contributed by atoms with Crippen LogP contribution < -0.4 is 0 Å². The lowest BCUT2D eigenvalue weighted by Crippen LogP contribution is -2.18. The first-order valence-corrected chi connectivity index (χ1v) is 11.3. The maximum absolute atomic E-state index is 15.2. The Labute approximate surface area is 198 Å². The number of benzene rings is 2. The standard InChI is InChI=1S/C24H21Cl2F2NO4/c1-11-19(14(24(32)33)8-12-4-2-3-5-12)20-18(10-17(27)22(30)21(20)28)29(11)23(31)13-6-7-15(25)16(26)9-13/h6-7,9-10,12,14,30H,2-5,8H2,1H3,(H,32,33). The second-order valence-corrected chi connectivity index (χ2v) is 9.28. The van der Waals surface area contributed by atoms with E-state index < -0.39 is 35.2 Å². The number of carboxylic acid groups (broad SMARTS) is 1. The molecule has 1 aromatic heterocycles. The second kappa shape index (κ2) is 8.95. The van der Waals surface area contributed by atoms with Crippen molar-refractivity contribution in [2.45, 2.75) is 44.9 Å². The fourth-order valence-electron chi connectivity index (χ4n) is 4.88. The number of hydrogen-bond acceptors (Lipinski definition) is 3. The van der Waals surface area contributed by atoms with Crippen LogP contribution in [-0.2, 0) is 4.79 Å². The van der Waals surface area contributed by atoms with E-state index in [-0.39, 0.29) is 50.1 Å². The summed E-state index contributed by atoms with van der Waals surface area (Å²) in [6.07, 6.45) is 3.98. The highest BCUT2D eigenvalue weighted by Crippen LogP contribution is 2.42. The van der Waals surface area contributed by atoms with Crippen molar-refractivity contribution in [2.75, 3.05) is 0 Å². The van der Waals surface area contributed by atoms with Crippen molar-refractivity contribution in [3.63, 3.8) is 0 Å². The molecule has 9 heteroatoms. The van der Waals surface area contributed by atoms with Gasteiger partial charge in [0.05, 0.1) is 21.5 Å². The molecule has 0 spiro atoms. The predicted octanol–water partition coefficient (Wildman–Crippen LogP) is 6.68. The van der Waals surface area contributed by atoms with Crippen molar-refractivity contribution in [2.24, 2.45) is 5.92 Å². The highest BCUT2D eigenvalue weighted by Gasteiger charge is 2.34. The van der Waals surface area contributed by atoms with Gasteiger partial charge in [-0.2, -0.15) is 0 Å². The van der Waals surface area contributed by atoms with E-state index in [0.29, 0.717) is 0 Å². The first-order valence-electron chi connectivity index (χ1n) is 10.6. The molecule has 2 aromatic carbocycles. The SMILES string of the molecule is Cc1c(C(CC2CCCC2)C(=O)O)c2c(F)c(O)c(F)cc2n1C(=O)c1ccc(Cl)c(Cl)c1. The average molecular weight is 496 g/mol. The number of carboxylic acids is 1. The van der Waals surface area contributed by atoms with E-state index in [2.05, 4.69) is 0 Å². The van der Waals surface area contributed by atoms with E-state index in [1.807, 2.05) is 0 Å². The minimum atomic E-state index is -1.29. The summed E-state index contributed by atoms with van der Waals surface area (Å²) in [7, 11) is 0. The van der Waals surface area contributed by atoms with Gasteiger partial charge in [0.25, 0.3) is 5.91 Å². The summed E-state index contributed by atoms with van der Waals surface area (Å²) in [4.78, 5) is 25.7. The number of halogens is 4. The van der Waals surface area contributed by atoms with E-state index in [9.17, 15) is 24.2 Å². The van der Waals surface area contributed by atoms with Gasteiger partial charge in [0.15, 0.2) is 17.4 Å². The third-order valence-electron chi connectivity index (χ3n) is 6.47. The molecule has 0 bridgehead atoms. The Morgan fingerprint density at radius 2 is 1.82 bits per heavy atom. The fraction of sp³-hybridized carbons (Fsp3) is 0.333. The van der Waals surface area contributed by atoms with Crippen LogP contribution in [0.15, 0.2) is 24.3 Å². The summed E-state index contributed by atoms with van der Waals surface area (Å²) >= 11 is 12.0. The number of carbonyl (C=O) groups excluding carboxylic acids is 1. The van der Waals surface area contributed by atoms with Crippen LogP contribution in [0.4, 0.5) is 8.78 Å². The molecule has 33 heavy (non-hydrogen) atoms. The normalized spacial score (nSPS) is 15.3. The molecule has 1 atom stereocenters. The highest BCUT2D eigenvalue weighted by atomic mass is 35.5. The molecular formula is C24H21Cl2F2NO4. The van der Waals surface area contributed by atoms with Gasteiger partial charge in [-0.1, -0.05) is 48.9 Å². The molecule has 1 saturated carbocycles. The van der Waals surface area contributed by atoms with Crippen LogP contribution in [0.2, 0.25) is 10.0 Å². The summed E-state index contributed by atoms with van der Waals surface area (Å²) in [6.45, 7) is 1.49. The Bertz CT molecular complexity index is 1280. The molecule has 1 aliphatic rings. The molecule has 0 radical (unpaired) electrons. The third-order valence-corrected chi connectivity index (χ3v) is 7.21. The maximum Gasteiger partial charge on any atom is 0.311 e. The molecule has 3 aromatic rings. The molecule has 0 saturated heterocycles. The smallest absolute Gasteiger partial charge is 0.311 e. The van der Waals surface area contributed by atoms with Crippen LogP contribution in [0.5, 0.6) is 5.75 Å². The van der Waals surface area contributed by atoms with E-state index in [1.54, 1.807) is 0 Å². The molecule has 5 nitrogen and oxygen atoms in total. The van der Waals surface area contributed by atoms with Gasteiger partial charge in [-0.3, -0.25) is 14.2 Å². The van der Waals surface area contributed by atoms with Crippen molar-refractivity contribution in [1.29, 1.82) is 0 Å². The second-order valence-electron chi connectivity index (χ2n) is 8.46. The first-order chi connectivity index (χ1) is 15.6. The number of aromatic hydroxyl groups is 1. The van der Waals surface area contributed by atoms with E-state index >= 15 is 4.39 Å². The molecule has 2 N–H and O–H groups in total. The van der Waals surface area contributed by atoms with E-state index in [1.165, 1.54) is 25.1 Å². The van der Waals surface area contributed by atoms with Crippen molar-refractivity contribution >= 4 is 46.0 Å². The van der Waals surface area contributed by atoms with Gasteiger partial charge in [-0.25, -0.2) is 8.78 Å². The number of aliphatic carboxylic acids is 1. The molecule has 0 amide bonds. The predicted molar refractivity (Wildman–Crippen MR) is 121 cm³/mol. The van der Waals surface area contributed by atoms with Crippen LogP contribution in [0.3, 0.4) is 0 Å². The van der Waals surface area contributed by atoms with Gasteiger partial charge in [0, 0.05) is 22.7 Å². The van der Waals surface area contributed by atoms with Gasteiger partial charge in [0.2, 0.25) is 0 Å². The molecule has 1 unspecified atom stereocenters. The summed E-state index contributed by atoms with van der Waals surface area (Å²) in [5.41, 5.74) is 0.164. The molecule has 1 aliphatic carbocycles. The Hall–Kier alpha value is -2.64. The zero-order valence-electron chi connectivity index (χ0n) is 17.7. The number of rotatable bonds is 5. The van der Waals surface area contributed by atoms with Gasteiger partial charge in [-0.05, 0) is 43.0 Å². The minimum absolute atomic E-state index is 0.0608. The van der Waals surface area contributed by atoms with Gasteiger partial charge >= 0.3 is 5.97 Å². The highest BCUT2D eigenvalue weighted by molar-refractivity contribution is 6.42. The molecule has 1 fully saturated rings. The van der Waals surface area contributed by atoms with Gasteiger partial charge in [-0.15, -0.1) is 0 Å². The number of fused-ring (bicyclic) bond motifs is 1. The number of nitrogens with zero attached hydrogens (tertiary/aromatic N) is 1. The monoisotopic (exact) mass is 495 g/mol. The Kier molecular flexibility index (Phi) is 6.38. The van der Waals surface area contributed by atoms with E-state index in [4.69, 9.17) is 23.2 Å². The van der Waals surface area contributed by atoms with Crippen molar-refractivity contribution in [3.05, 3.63) is 62.8 Å². The molecule has 4 rings (SSSR count). The van der Waals surface area contributed by atoms with E-state index in [0.717, 1.165) is 36.3 Å². The summed E-state index contributed by atoms with van der Waals surface area (Å²) in [5, 5.41) is 20.0. The molecule has 1 heterocycles. The zero-order chi connectivity index (χ0) is 24.0. The quantitative estimate of drug-likeness (QED) is 0.413. The van der Waals surface area contributed by atoms with Crippen molar-refractivity contribution in [1.82, 2.24) is 4.57 Å². The maximum atomic E-state index is 15.2. The topological polar surface area (TPSA) is 79.5 Å². The van der Waals surface area contributed by atoms with Crippen LogP contribution in [0.1, 0.15) is 59.6 Å². The fourth-order valence-corrected chi connectivity index (χ4v) is 5.18. The zero-order valence-corrected chi connectivity index (χ0v) is 19.2. The number of phenols is 1. The summed E-state index contributed by atoms with van der Waals surface area (Å²) in [5.74, 6) is -6.57. The Morgan fingerprint density at radius 1 is 1.15 bits per heavy atom. The molecule has 174 valence electrons. The van der Waals surface area contributed by atoms with Crippen LogP contribution in [0, 0.1) is 24.5 Å². The number of carbonyl (C=O) groups is 2. The van der Waals surface area contributed by atoms with Crippen molar-refractivity contribution < 1.29 is 28.6 Å². The summed E-state index contributed by atoms with van der Waals surface area (Å²) < 4.78 is 30.6. The average Bonchev–Trinajstić information content (AvgIpc) is 3.37. The van der Waals surface area contributed by atoms with Gasteiger partial charge in [0.1, 0.15) is 0 Å². The van der Waals surface area contributed by atoms with Gasteiger partial charge < -0.3 is 10.2 Å².